The summed E-state index contributed by atoms with van der Waals surface area (Å²) in [5, 5.41) is 3.69. The Labute approximate surface area is 171 Å². The third-order valence-corrected chi connectivity index (χ3v) is 5.16. The van der Waals surface area contributed by atoms with E-state index in [9.17, 15) is 9.18 Å². The Morgan fingerprint density at radius 3 is 2.79 bits per heavy atom. The molecule has 0 bridgehead atoms. The van der Waals surface area contributed by atoms with Crippen molar-refractivity contribution in [2.45, 2.75) is 44.1 Å². The topological polar surface area (TPSA) is 106 Å². The van der Waals surface area contributed by atoms with Gasteiger partial charge in [-0.2, -0.15) is 0 Å². The second-order valence-corrected chi connectivity index (χ2v) is 7.27. The van der Waals surface area contributed by atoms with Crippen molar-refractivity contribution < 1.29 is 13.9 Å². The predicted octanol–water partition coefficient (Wildman–Crippen LogP) is 2.81. The molecule has 0 radical (unpaired) electrons. The molecule has 3 rings (SSSR count). The highest BCUT2D eigenvalue weighted by atomic mass is 35.5. The number of aromatic nitrogens is 1. The van der Waals surface area contributed by atoms with Gasteiger partial charge in [-0.3, -0.25) is 4.79 Å². The van der Waals surface area contributed by atoms with Crippen LogP contribution in [0.2, 0.25) is 0 Å². The number of rotatable bonds is 8. The number of ether oxygens (including phenoxy) is 1. The maximum Gasteiger partial charge on any atom is 0.268 e. The molecular formula is C20H30ClFN4O2. The van der Waals surface area contributed by atoms with E-state index in [0.29, 0.717) is 32.0 Å². The molecule has 2 aromatic rings. The molecule has 6 nitrogen and oxygen atoms in total. The molecule has 1 aromatic carbocycles. The molecule has 1 aliphatic carbocycles. The third kappa shape index (κ3) is 5.44. The van der Waals surface area contributed by atoms with E-state index in [2.05, 4.69) is 10.3 Å². The molecule has 156 valence electrons. The summed E-state index contributed by atoms with van der Waals surface area (Å²) in [6.07, 6.45) is 5.53. The van der Waals surface area contributed by atoms with E-state index in [1.54, 1.807) is 6.07 Å². The summed E-state index contributed by atoms with van der Waals surface area (Å²) in [7, 11) is 0. The molecule has 1 unspecified atom stereocenters. The molecule has 1 heterocycles. The van der Waals surface area contributed by atoms with E-state index in [-0.39, 0.29) is 36.1 Å². The first-order chi connectivity index (χ1) is 13.1. The quantitative estimate of drug-likeness (QED) is 0.500. The molecule has 1 aromatic heterocycles. The number of nitrogens with one attached hydrogen (secondary N) is 2. The summed E-state index contributed by atoms with van der Waals surface area (Å²) < 4.78 is 19.2. The molecule has 1 amide bonds. The SMILES string of the molecule is Cl.NCCOCC(N)CNC(=O)c1[nH]c2ccc(F)cc2c1C1CCCCC1. The number of halogens is 2. The van der Waals surface area contributed by atoms with E-state index >= 15 is 0 Å². The van der Waals surface area contributed by atoms with Gasteiger partial charge in [0.1, 0.15) is 11.5 Å². The number of nitrogens with two attached hydrogens (primary N) is 2. The van der Waals surface area contributed by atoms with E-state index < -0.39 is 0 Å². The minimum atomic E-state index is -0.305. The van der Waals surface area contributed by atoms with Crippen molar-refractivity contribution in [1.29, 1.82) is 0 Å². The van der Waals surface area contributed by atoms with Crippen LogP contribution in [0.4, 0.5) is 4.39 Å². The van der Waals surface area contributed by atoms with Crippen LogP contribution in [-0.4, -0.2) is 43.2 Å². The molecule has 1 atom stereocenters. The highest BCUT2D eigenvalue weighted by Gasteiger charge is 2.26. The van der Waals surface area contributed by atoms with Gasteiger partial charge in [0, 0.05) is 30.0 Å². The number of benzene rings is 1. The van der Waals surface area contributed by atoms with Gasteiger partial charge in [-0.15, -0.1) is 12.4 Å². The van der Waals surface area contributed by atoms with Crippen LogP contribution in [0.3, 0.4) is 0 Å². The molecule has 1 fully saturated rings. The van der Waals surface area contributed by atoms with Crippen molar-refractivity contribution >= 4 is 29.2 Å². The normalized spacial score (nSPS) is 16.0. The standard InChI is InChI=1S/C20H29FN4O2.ClH/c21-14-6-7-17-16(10-14)18(13-4-2-1-3-5-13)19(25-17)20(26)24-11-15(23)12-27-9-8-22;/h6-7,10,13,15,25H,1-5,8-9,11-12,22-23H2,(H,24,26);1H. The summed E-state index contributed by atoms with van der Waals surface area (Å²) in [4.78, 5) is 16.0. The molecule has 8 heteroatoms. The average Bonchev–Trinajstić information content (AvgIpc) is 3.05. The van der Waals surface area contributed by atoms with Crippen molar-refractivity contribution in [3.05, 3.63) is 35.3 Å². The van der Waals surface area contributed by atoms with Crippen LogP contribution in [0, 0.1) is 5.82 Å². The smallest absolute Gasteiger partial charge is 0.268 e. The number of hydrogen-bond acceptors (Lipinski definition) is 4. The first-order valence-corrected chi connectivity index (χ1v) is 9.73. The Morgan fingerprint density at radius 1 is 1.32 bits per heavy atom. The second kappa shape index (κ2) is 10.8. The number of fused-ring (bicyclic) bond motifs is 1. The first kappa shape index (κ1) is 22.6. The van der Waals surface area contributed by atoms with Crippen LogP contribution >= 0.6 is 12.4 Å². The highest BCUT2D eigenvalue weighted by molar-refractivity contribution is 6.01. The average molecular weight is 413 g/mol. The van der Waals surface area contributed by atoms with Crippen molar-refractivity contribution in [2.24, 2.45) is 11.5 Å². The van der Waals surface area contributed by atoms with Crippen LogP contribution in [-0.2, 0) is 4.74 Å². The van der Waals surface area contributed by atoms with Gasteiger partial charge < -0.3 is 26.5 Å². The Kier molecular flexibility index (Phi) is 8.69. The number of aromatic amines is 1. The minimum Gasteiger partial charge on any atom is -0.378 e. The van der Waals surface area contributed by atoms with Gasteiger partial charge in [0.2, 0.25) is 0 Å². The van der Waals surface area contributed by atoms with Crippen LogP contribution in [0.5, 0.6) is 0 Å². The van der Waals surface area contributed by atoms with E-state index in [0.717, 1.165) is 42.1 Å². The van der Waals surface area contributed by atoms with Gasteiger partial charge in [-0.25, -0.2) is 4.39 Å². The van der Waals surface area contributed by atoms with Gasteiger partial charge in [0.15, 0.2) is 0 Å². The fourth-order valence-corrected chi connectivity index (χ4v) is 3.87. The molecule has 0 saturated heterocycles. The Hall–Kier alpha value is -1.67. The molecule has 1 aliphatic rings. The third-order valence-electron chi connectivity index (χ3n) is 5.16. The zero-order valence-electron chi connectivity index (χ0n) is 16.0. The van der Waals surface area contributed by atoms with Crippen molar-refractivity contribution in [1.82, 2.24) is 10.3 Å². The van der Waals surface area contributed by atoms with E-state index in [4.69, 9.17) is 16.2 Å². The number of carbonyl (C=O) groups excluding carboxylic acids is 1. The van der Waals surface area contributed by atoms with Gasteiger partial charge >= 0.3 is 0 Å². The lowest BCUT2D eigenvalue weighted by Gasteiger charge is -2.23. The maximum atomic E-state index is 13.8. The number of carbonyl (C=O) groups is 1. The predicted molar refractivity (Wildman–Crippen MR) is 112 cm³/mol. The van der Waals surface area contributed by atoms with Crippen LogP contribution in [0.15, 0.2) is 18.2 Å². The van der Waals surface area contributed by atoms with Gasteiger partial charge in [0.05, 0.1) is 13.2 Å². The lowest BCUT2D eigenvalue weighted by molar-refractivity contribution is 0.0927. The fourth-order valence-electron chi connectivity index (χ4n) is 3.87. The Morgan fingerprint density at radius 2 is 2.07 bits per heavy atom. The molecule has 6 N–H and O–H groups in total. The fraction of sp³-hybridized carbons (Fsp3) is 0.550. The van der Waals surface area contributed by atoms with Crippen molar-refractivity contribution in [3.63, 3.8) is 0 Å². The molecular weight excluding hydrogens is 383 g/mol. The summed E-state index contributed by atoms with van der Waals surface area (Å²) >= 11 is 0. The second-order valence-electron chi connectivity index (χ2n) is 7.27. The lowest BCUT2D eigenvalue weighted by atomic mass is 9.82. The van der Waals surface area contributed by atoms with Gasteiger partial charge in [-0.05, 0) is 42.5 Å². The largest absolute Gasteiger partial charge is 0.378 e. The molecule has 28 heavy (non-hydrogen) atoms. The Bertz CT molecular complexity index is 777. The zero-order valence-corrected chi connectivity index (χ0v) is 16.8. The zero-order chi connectivity index (χ0) is 19.2. The van der Waals surface area contributed by atoms with Gasteiger partial charge in [-0.1, -0.05) is 19.3 Å². The molecule has 1 saturated carbocycles. The monoisotopic (exact) mass is 412 g/mol. The van der Waals surface area contributed by atoms with Gasteiger partial charge in [0.25, 0.3) is 5.91 Å². The summed E-state index contributed by atoms with van der Waals surface area (Å²) in [5.41, 5.74) is 13.6. The highest BCUT2D eigenvalue weighted by Crippen LogP contribution is 2.38. The summed E-state index contributed by atoms with van der Waals surface area (Å²) in [6, 6.07) is 4.33. The van der Waals surface area contributed by atoms with Crippen LogP contribution < -0.4 is 16.8 Å². The number of hydrogen-bond donors (Lipinski definition) is 4. The number of amides is 1. The van der Waals surface area contributed by atoms with E-state index in [1.165, 1.54) is 18.6 Å². The molecule has 0 spiro atoms. The summed E-state index contributed by atoms with van der Waals surface area (Å²) in [6.45, 7) is 1.53. The maximum absolute atomic E-state index is 13.8. The first-order valence-electron chi connectivity index (χ1n) is 9.73. The van der Waals surface area contributed by atoms with Crippen LogP contribution in [0.25, 0.3) is 10.9 Å². The van der Waals surface area contributed by atoms with Crippen LogP contribution in [0.1, 0.15) is 54.1 Å². The van der Waals surface area contributed by atoms with Crippen molar-refractivity contribution in [3.8, 4) is 0 Å². The number of H-pyrrole nitrogens is 1. The summed E-state index contributed by atoms with van der Waals surface area (Å²) in [5.74, 6) is -0.220. The lowest BCUT2D eigenvalue weighted by Crippen LogP contribution is -2.40. The van der Waals surface area contributed by atoms with E-state index in [1.807, 2.05) is 0 Å². The van der Waals surface area contributed by atoms with Crippen molar-refractivity contribution in [2.75, 3.05) is 26.3 Å². The minimum absolute atomic E-state index is 0. The Balaban J connectivity index is 0.00000280. The molecule has 0 aliphatic heterocycles.